The van der Waals surface area contributed by atoms with E-state index in [1.54, 1.807) is 19.2 Å². The molecule has 0 unspecified atom stereocenters. The number of thioether (sulfide) groups is 1. The molecular weight excluding hydrogens is 304 g/mol. The molecule has 0 saturated heterocycles. The van der Waals surface area contributed by atoms with Gasteiger partial charge in [-0.25, -0.2) is 0 Å². The smallest absolute Gasteiger partial charge is 0.308 e. The van der Waals surface area contributed by atoms with E-state index in [9.17, 15) is 14.4 Å². The molecule has 2 rings (SSSR count). The second kappa shape index (κ2) is 6.74. The first-order chi connectivity index (χ1) is 10.5. The minimum absolute atomic E-state index is 0.0720. The molecule has 0 radical (unpaired) electrons. The van der Waals surface area contributed by atoms with Gasteiger partial charge in [0.1, 0.15) is 5.37 Å². The molecular formula is C15H16N2O4S. The lowest BCUT2D eigenvalue weighted by molar-refractivity contribution is -0.137. The third-order valence-electron chi connectivity index (χ3n) is 3.34. The molecule has 0 spiro atoms. The predicted octanol–water partition coefficient (Wildman–Crippen LogP) is 1.59. The fourth-order valence-electron chi connectivity index (χ4n) is 2.36. The second-order valence-electron chi connectivity index (χ2n) is 4.75. The fraction of sp³-hybridized carbons (Fsp3) is 0.333. The number of likely N-dealkylation sites (N-methyl/N-ethyl adjacent to an activating group) is 1. The topological polar surface area (TPSA) is 87.6 Å². The number of pyridine rings is 1. The number of carboxylic acid groups (broad SMARTS) is 1. The largest absolute Gasteiger partial charge is 0.481 e. The number of aromatic nitrogens is 1. The molecule has 7 heteroatoms. The van der Waals surface area contributed by atoms with Crippen molar-refractivity contribution >= 4 is 29.4 Å². The molecule has 1 atom stereocenters. The summed E-state index contributed by atoms with van der Waals surface area (Å²) in [6, 6.07) is 3.12. The molecule has 1 aliphatic heterocycles. The van der Waals surface area contributed by atoms with E-state index in [0.717, 1.165) is 0 Å². The standard InChI is InChI=1S/C15H16N2O4S/c1-3-22-15-12(13(20)9-4-6-16-7-5-9)10(8-11(18)19)14(21)17(15)2/h4-7,15H,3,8H2,1-2H3,(H,18,19)/t15-/m1/s1. The van der Waals surface area contributed by atoms with Crippen LogP contribution >= 0.6 is 11.8 Å². The van der Waals surface area contributed by atoms with Gasteiger partial charge in [-0.3, -0.25) is 19.4 Å². The van der Waals surface area contributed by atoms with E-state index in [-0.39, 0.29) is 16.9 Å². The Balaban J connectivity index is 2.51. The van der Waals surface area contributed by atoms with E-state index in [2.05, 4.69) is 4.98 Å². The predicted molar refractivity (Wildman–Crippen MR) is 82.5 cm³/mol. The van der Waals surface area contributed by atoms with Crippen LogP contribution in [0, 0.1) is 0 Å². The maximum absolute atomic E-state index is 12.7. The van der Waals surface area contributed by atoms with E-state index in [1.165, 1.54) is 29.1 Å². The number of aliphatic carboxylic acids is 1. The van der Waals surface area contributed by atoms with Crippen LogP contribution < -0.4 is 0 Å². The number of hydrogen-bond donors (Lipinski definition) is 1. The van der Waals surface area contributed by atoms with Gasteiger partial charge in [-0.15, -0.1) is 11.8 Å². The van der Waals surface area contributed by atoms with E-state index in [1.807, 2.05) is 6.92 Å². The van der Waals surface area contributed by atoms with Gasteiger partial charge >= 0.3 is 5.97 Å². The Morgan fingerprint density at radius 2 is 2.00 bits per heavy atom. The highest BCUT2D eigenvalue weighted by Gasteiger charge is 2.41. The van der Waals surface area contributed by atoms with Crippen LogP contribution in [0.1, 0.15) is 23.7 Å². The van der Waals surface area contributed by atoms with Crippen molar-refractivity contribution in [3.05, 3.63) is 41.2 Å². The summed E-state index contributed by atoms with van der Waals surface area (Å²) in [4.78, 5) is 41.4. The number of carbonyl (C=O) groups is 3. The summed E-state index contributed by atoms with van der Waals surface area (Å²) in [6.07, 6.45) is 2.54. The van der Waals surface area contributed by atoms with Gasteiger partial charge in [-0.05, 0) is 17.9 Å². The van der Waals surface area contributed by atoms with E-state index < -0.39 is 23.7 Å². The van der Waals surface area contributed by atoms with E-state index >= 15 is 0 Å². The lowest BCUT2D eigenvalue weighted by atomic mass is 9.99. The maximum atomic E-state index is 12.7. The fourth-order valence-corrected chi connectivity index (χ4v) is 3.41. The highest BCUT2D eigenvalue weighted by atomic mass is 32.2. The SMILES string of the molecule is CCS[C@@H]1C(C(=O)c2ccncc2)=C(CC(=O)O)C(=O)N1C. The highest BCUT2D eigenvalue weighted by Crippen LogP contribution is 2.35. The number of nitrogens with zero attached hydrogens (tertiary/aromatic N) is 2. The summed E-state index contributed by atoms with van der Waals surface area (Å²) < 4.78 is 0. The molecule has 6 nitrogen and oxygen atoms in total. The summed E-state index contributed by atoms with van der Waals surface area (Å²) in [5, 5.41) is 8.58. The quantitative estimate of drug-likeness (QED) is 0.801. The summed E-state index contributed by atoms with van der Waals surface area (Å²) in [5.74, 6) is -1.14. The average molecular weight is 320 g/mol. The Morgan fingerprint density at radius 1 is 1.36 bits per heavy atom. The molecule has 2 heterocycles. The lowest BCUT2D eigenvalue weighted by Gasteiger charge is -2.21. The van der Waals surface area contributed by atoms with Crippen molar-refractivity contribution in [2.24, 2.45) is 0 Å². The first kappa shape index (κ1) is 16.2. The number of carboxylic acids is 1. The summed E-state index contributed by atoms with van der Waals surface area (Å²) in [7, 11) is 1.59. The molecule has 1 aromatic heterocycles. The Labute approximate surface area is 132 Å². The molecule has 0 fully saturated rings. The monoisotopic (exact) mass is 320 g/mol. The van der Waals surface area contributed by atoms with Crippen molar-refractivity contribution in [3.63, 3.8) is 0 Å². The zero-order valence-electron chi connectivity index (χ0n) is 12.3. The van der Waals surface area contributed by atoms with E-state index in [0.29, 0.717) is 11.3 Å². The van der Waals surface area contributed by atoms with Crippen molar-refractivity contribution in [2.45, 2.75) is 18.7 Å². The van der Waals surface area contributed by atoms with Crippen molar-refractivity contribution in [1.82, 2.24) is 9.88 Å². The molecule has 0 saturated carbocycles. The van der Waals surface area contributed by atoms with Gasteiger partial charge in [0.15, 0.2) is 5.78 Å². The van der Waals surface area contributed by atoms with Crippen molar-refractivity contribution in [1.29, 1.82) is 0 Å². The molecule has 0 bridgehead atoms. The summed E-state index contributed by atoms with van der Waals surface area (Å²) in [6.45, 7) is 1.92. The maximum Gasteiger partial charge on any atom is 0.308 e. The van der Waals surface area contributed by atoms with Crippen LogP contribution in [0.2, 0.25) is 0 Å². The molecule has 22 heavy (non-hydrogen) atoms. The molecule has 1 N–H and O–H groups in total. The molecule has 0 aliphatic carbocycles. The third kappa shape index (κ3) is 3.04. The molecule has 1 aromatic rings. The van der Waals surface area contributed by atoms with Crippen molar-refractivity contribution < 1.29 is 19.5 Å². The van der Waals surface area contributed by atoms with Crippen LogP contribution in [0.5, 0.6) is 0 Å². The molecule has 1 amide bonds. The molecule has 116 valence electrons. The first-order valence-corrected chi connectivity index (χ1v) is 7.80. The van der Waals surface area contributed by atoms with Gasteiger partial charge in [0.05, 0.1) is 6.42 Å². The van der Waals surface area contributed by atoms with Gasteiger partial charge in [-0.1, -0.05) is 6.92 Å². The number of hydrogen-bond acceptors (Lipinski definition) is 5. The minimum Gasteiger partial charge on any atom is -0.481 e. The van der Waals surface area contributed by atoms with Gasteiger partial charge in [0.2, 0.25) is 0 Å². The average Bonchev–Trinajstić information content (AvgIpc) is 2.72. The van der Waals surface area contributed by atoms with Crippen LogP contribution in [0.25, 0.3) is 0 Å². The number of ketones is 1. The van der Waals surface area contributed by atoms with Gasteiger partial charge in [-0.2, -0.15) is 0 Å². The highest BCUT2D eigenvalue weighted by molar-refractivity contribution is 8.00. The van der Waals surface area contributed by atoms with Crippen LogP contribution in [0.3, 0.4) is 0 Å². The van der Waals surface area contributed by atoms with Crippen LogP contribution in [0.4, 0.5) is 0 Å². The Bertz CT molecular complexity index is 642. The van der Waals surface area contributed by atoms with Gasteiger partial charge in [0, 0.05) is 36.2 Å². The van der Waals surface area contributed by atoms with Gasteiger partial charge < -0.3 is 10.0 Å². The first-order valence-electron chi connectivity index (χ1n) is 6.75. The van der Waals surface area contributed by atoms with Crippen LogP contribution in [-0.2, 0) is 9.59 Å². The number of Topliss-reactive ketones (excluding diaryl/α,β-unsaturated/α-hetero) is 1. The zero-order chi connectivity index (χ0) is 16.3. The molecule has 1 aliphatic rings. The van der Waals surface area contributed by atoms with Crippen molar-refractivity contribution in [2.75, 3.05) is 12.8 Å². The van der Waals surface area contributed by atoms with Crippen molar-refractivity contribution in [3.8, 4) is 0 Å². The van der Waals surface area contributed by atoms with E-state index in [4.69, 9.17) is 5.11 Å². The zero-order valence-corrected chi connectivity index (χ0v) is 13.1. The Morgan fingerprint density at radius 3 is 2.55 bits per heavy atom. The normalized spacial score (nSPS) is 18.0. The minimum atomic E-state index is -1.13. The number of carbonyl (C=O) groups excluding carboxylic acids is 2. The summed E-state index contributed by atoms with van der Waals surface area (Å²) >= 11 is 1.43. The van der Waals surface area contributed by atoms with Crippen LogP contribution in [0.15, 0.2) is 35.7 Å². The molecule has 0 aromatic carbocycles. The third-order valence-corrected chi connectivity index (χ3v) is 4.54. The van der Waals surface area contributed by atoms with Gasteiger partial charge in [0.25, 0.3) is 5.91 Å². The Hall–Kier alpha value is -2.15. The lowest BCUT2D eigenvalue weighted by Crippen LogP contribution is -2.31. The summed E-state index contributed by atoms with van der Waals surface area (Å²) in [5.41, 5.74) is 0.744. The van der Waals surface area contributed by atoms with Crippen LogP contribution in [-0.4, -0.2) is 50.8 Å². The number of amides is 1. The number of rotatable bonds is 6. The Kier molecular flexibility index (Phi) is 4.97. The second-order valence-corrected chi connectivity index (χ2v) is 6.11.